The van der Waals surface area contributed by atoms with E-state index < -0.39 is 17.3 Å². The zero-order chi connectivity index (χ0) is 18.3. The van der Waals surface area contributed by atoms with Crippen LogP contribution in [0.25, 0.3) is 5.69 Å². The summed E-state index contributed by atoms with van der Waals surface area (Å²) in [4.78, 5) is 27.3. The molecule has 3 aromatic rings. The number of benzene rings is 2. The smallest absolute Gasteiger partial charge is 0.335 e. The van der Waals surface area contributed by atoms with Crippen molar-refractivity contribution in [2.24, 2.45) is 0 Å². The molecule has 0 amide bonds. The number of aromatic nitrogens is 2. The molecule has 1 aliphatic rings. The summed E-state index contributed by atoms with van der Waals surface area (Å²) < 4.78 is 1.16. The largest absolute Gasteiger partial charge is 0.494 e. The number of rotatable bonds is 2. The Kier molecular flexibility index (Phi) is 3.97. The van der Waals surface area contributed by atoms with Crippen LogP contribution in [-0.2, 0) is 6.42 Å². The number of nitrogens with zero attached hydrogens (tertiary/aromatic N) is 1. The van der Waals surface area contributed by atoms with Gasteiger partial charge in [0.05, 0.1) is 17.3 Å². The molecule has 0 fully saturated rings. The summed E-state index contributed by atoms with van der Waals surface area (Å²) in [6.45, 7) is 2.53. The highest BCUT2D eigenvalue weighted by atomic mass is 16.3. The minimum atomic E-state index is -0.658. The zero-order valence-electron chi connectivity index (χ0n) is 14.3. The van der Waals surface area contributed by atoms with Crippen LogP contribution in [-0.4, -0.2) is 21.2 Å². The Labute approximate surface area is 149 Å². The average molecular weight is 349 g/mol. The third kappa shape index (κ3) is 2.55. The van der Waals surface area contributed by atoms with E-state index in [4.69, 9.17) is 0 Å². The van der Waals surface area contributed by atoms with Gasteiger partial charge in [-0.25, -0.2) is 9.36 Å². The third-order valence-corrected chi connectivity index (χ3v) is 4.87. The monoisotopic (exact) mass is 349 g/mol. The highest BCUT2D eigenvalue weighted by Gasteiger charge is 2.28. The third-order valence-electron chi connectivity index (χ3n) is 4.87. The molecule has 6 nitrogen and oxygen atoms in total. The molecule has 2 aromatic carbocycles. The summed E-state index contributed by atoms with van der Waals surface area (Å²) in [7, 11) is 0. The van der Waals surface area contributed by atoms with E-state index in [1.165, 1.54) is 0 Å². The first-order valence-electron chi connectivity index (χ1n) is 8.53. The molecular formula is C20H19N3O3. The summed E-state index contributed by atoms with van der Waals surface area (Å²) in [6, 6.07) is 14.6. The fraction of sp³-hybridized carbons (Fsp3) is 0.200. The minimum absolute atomic E-state index is 0.153. The van der Waals surface area contributed by atoms with E-state index in [2.05, 4.69) is 10.3 Å². The molecule has 132 valence electrons. The van der Waals surface area contributed by atoms with Gasteiger partial charge in [-0.1, -0.05) is 42.5 Å². The standard InChI is InChI=1S/C20H19N3O3/c1-12-6-2-5-9-15(12)23-19(25)16(18(24)22-20(23)26)17-14-8-4-3-7-13(14)10-11-21-17/h2-9,17,21,25H,10-11H2,1H3,(H,22,24,26)/t17-/m1/s1. The predicted octanol–water partition coefficient (Wildman–Crippen LogP) is 1.77. The highest BCUT2D eigenvalue weighted by molar-refractivity contribution is 5.47. The molecule has 3 N–H and O–H groups in total. The van der Waals surface area contributed by atoms with E-state index in [0.717, 1.165) is 27.7 Å². The van der Waals surface area contributed by atoms with Crippen LogP contribution in [0.1, 0.15) is 28.3 Å². The Hall–Kier alpha value is -3.12. The average Bonchev–Trinajstić information content (AvgIpc) is 2.63. The molecule has 26 heavy (non-hydrogen) atoms. The molecule has 1 aliphatic heterocycles. The second kappa shape index (κ2) is 6.31. The van der Waals surface area contributed by atoms with Crippen molar-refractivity contribution in [1.82, 2.24) is 14.9 Å². The Morgan fingerprint density at radius 2 is 1.81 bits per heavy atom. The van der Waals surface area contributed by atoms with Crippen LogP contribution in [0.3, 0.4) is 0 Å². The van der Waals surface area contributed by atoms with Gasteiger partial charge in [0.25, 0.3) is 5.56 Å². The van der Waals surface area contributed by atoms with Crippen molar-refractivity contribution in [3.8, 4) is 11.6 Å². The van der Waals surface area contributed by atoms with Gasteiger partial charge in [0.1, 0.15) is 0 Å². The van der Waals surface area contributed by atoms with Crippen LogP contribution >= 0.6 is 0 Å². The van der Waals surface area contributed by atoms with Crippen molar-refractivity contribution in [1.29, 1.82) is 0 Å². The molecule has 2 heterocycles. The van der Waals surface area contributed by atoms with Crippen molar-refractivity contribution in [2.45, 2.75) is 19.4 Å². The van der Waals surface area contributed by atoms with Gasteiger partial charge in [0, 0.05) is 6.54 Å². The minimum Gasteiger partial charge on any atom is -0.494 e. The quantitative estimate of drug-likeness (QED) is 0.658. The first-order chi connectivity index (χ1) is 12.6. The second-order valence-electron chi connectivity index (χ2n) is 6.45. The Morgan fingerprint density at radius 3 is 2.62 bits per heavy atom. The van der Waals surface area contributed by atoms with E-state index >= 15 is 0 Å². The number of hydrogen-bond donors (Lipinski definition) is 3. The highest BCUT2D eigenvalue weighted by Crippen LogP contribution is 2.31. The Morgan fingerprint density at radius 1 is 1.08 bits per heavy atom. The number of H-pyrrole nitrogens is 1. The Bertz CT molecular complexity index is 1100. The van der Waals surface area contributed by atoms with Gasteiger partial charge in [-0.3, -0.25) is 9.78 Å². The maximum absolute atomic E-state index is 12.6. The van der Waals surface area contributed by atoms with Gasteiger partial charge in [0.15, 0.2) is 0 Å². The molecule has 6 heteroatoms. The van der Waals surface area contributed by atoms with Crippen molar-refractivity contribution in [2.75, 3.05) is 6.54 Å². The molecule has 0 aliphatic carbocycles. The normalized spacial score (nSPS) is 16.3. The summed E-state index contributed by atoms with van der Waals surface area (Å²) >= 11 is 0. The van der Waals surface area contributed by atoms with Gasteiger partial charge < -0.3 is 10.4 Å². The lowest BCUT2D eigenvalue weighted by Crippen LogP contribution is -2.38. The number of para-hydroxylation sites is 1. The molecule has 1 atom stereocenters. The fourth-order valence-electron chi connectivity index (χ4n) is 3.60. The number of aromatic amines is 1. The van der Waals surface area contributed by atoms with Gasteiger partial charge in [-0.15, -0.1) is 0 Å². The first-order valence-corrected chi connectivity index (χ1v) is 8.53. The van der Waals surface area contributed by atoms with Crippen LogP contribution in [0.15, 0.2) is 58.1 Å². The summed E-state index contributed by atoms with van der Waals surface area (Å²) in [5, 5.41) is 14.2. The van der Waals surface area contributed by atoms with Crippen molar-refractivity contribution in [3.05, 3.63) is 91.6 Å². The molecule has 0 saturated carbocycles. The van der Waals surface area contributed by atoms with Crippen LogP contribution in [0, 0.1) is 6.92 Å². The first kappa shape index (κ1) is 16.4. The molecular weight excluding hydrogens is 330 g/mol. The molecule has 0 spiro atoms. The van der Waals surface area contributed by atoms with Crippen molar-refractivity contribution >= 4 is 0 Å². The molecule has 4 rings (SSSR count). The van der Waals surface area contributed by atoms with Crippen molar-refractivity contribution < 1.29 is 5.11 Å². The molecule has 0 saturated heterocycles. The second-order valence-corrected chi connectivity index (χ2v) is 6.45. The topological polar surface area (TPSA) is 87.1 Å². The lowest BCUT2D eigenvalue weighted by Gasteiger charge is -2.27. The van der Waals surface area contributed by atoms with Crippen LogP contribution < -0.4 is 16.6 Å². The van der Waals surface area contributed by atoms with E-state index in [0.29, 0.717) is 12.2 Å². The summed E-state index contributed by atoms with van der Waals surface area (Å²) in [6.07, 6.45) is 0.850. The van der Waals surface area contributed by atoms with Crippen molar-refractivity contribution in [3.63, 3.8) is 0 Å². The summed E-state index contributed by atoms with van der Waals surface area (Å²) in [5.41, 5.74) is 2.34. The predicted molar refractivity (Wildman–Crippen MR) is 99.1 cm³/mol. The molecule has 1 aromatic heterocycles. The Balaban J connectivity index is 1.98. The van der Waals surface area contributed by atoms with Gasteiger partial charge in [-0.2, -0.15) is 0 Å². The van der Waals surface area contributed by atoms with E-state index in [1.807, 2.05) is 43.3 Å². The number of aryl methyl sites for hydroxylation is 1. The lowest BCUT2D eigenvalue weighted by molar-refractivity contribution is 0.410. The number of fused-ring (bicyclic) bond motifs is 1. The number of hydrogen-bond acceptors (Lipinski definition) is 4. The van der Waals surface area contributed by atoms with E-state index in [9.17, 15) is 14.7 Å². The summed E-state index contributed by atoms with van der Waals surface area (Å²) in [5.74, 6) is -0.331. The van der Waals surface area contributed by atoms with E-state index in [1.54, 1.807) is 12.1 Å². The van der Waals surface area contributed by atoms with Gasteiger partial charge in [-0.05, 0) is 36.1 Å². The number of aromatic hydroxyl groups is 1. The van der Waals surface area contributed by atoms with E-state index in [-0.39, 0.29) is 11.4 Å². The molecule has 0 unspecified atom stereocenters. The SMILES string of the molecule is Cc1ccccc1-n1c(O)c([C@@H]2NCCc3ccccc32)c(=O)[nH]c1=O. The van der Waals surface area contributed by atoms with Gasteiger partial charge >= 0.3 is 5.69 Å². The number of nitrogens with one attached hydrogen (secondary N) is 2. The maximum atomic E-state index is 12.6. The van der Waals surface area contributed by atoms with Crippen LogP contribution in [0.2, 0.25) is 0 Å². The molecule has 0 radical (unpaired) electrons. The molecule has 0 bridgehead atoms. The van der Waals surface area contributed by atoms with Crippen LogP contribution in [0.4, 0.5) is 0 Å². The zero-order valence-corrected chi connectivity index (χ0v) is 14.3. The lowest BCUT2D eigenvalue weighted by atomic mass is 9.90. The maximum Gasteiger partial charge on any atom is 0.335 e. The van der Waals surface area contributed by atoms with Gasteiger partial charge in [0.2, 0.25) is 5.88 Å². The van der Waals surface area contributed by atoms with Crippen LogP contribution in [0.5, 0.6) is 5.88 Å². The fourth-order valence-corrected chi connectivity index (χ4v) is 3.60.